The Balaban J connectivity index is 3.84. The van der Waals surface area contributed by atoms with Crippen molar-refractivity contribution in [1.29, 1.82) is 0 Å². The Labute approximate surface area is 76.7 Å². The molecule has 0 aliphatic rings. The Hall–Kier alpha value is -0.780. The highest BCUT2D eigenvalue weighted by atomic mass is 13.9. The fourth-order valence-corrected chi connectivity index (χ4v) is 0.939. The summed E-state index contributed by atoms with van der Waals surface area (Å²) in [5, 5.41) is 0. The van der Waals surface area contributed by atoms with E-state index in [9.17, 15) is 0 Å². The summed E-state index contributed by atoms with van der Waals surface area (Å²) in [6, 6.07) is 0. The van der Waals surface area contributed by atoms with Crippen LogP contribution >= 0.6 is 0 Å². The van der Waals surface area contributed by atoms with Gasteiger partial charge in [0.1, 0.15) is 0 Å². The highest BCUT2D eigenvalue weighted by Crippen LogP contribution is 2.03. The minimum absolute atomic E-state index is 1.07. The molecule has 68 valence electrons. The predicted molar refractivity (Wildman–Crippen MR) is 57.2 cm³/mol. The van der Waals surface area contributed by atoms with Crippen LogP contribution in [0.3, 0.4) is 0 Å². The molecule has 0 aromatic heterocycles. The molecule has 0 atom stereocenters. The van der Waals surface area contributed by atoms with E-state index in [-0.39, 0.29) is 0 Å². The SMILES string of the molecule is CC=C(C)CC=CC(C)=CCC. The normalized spacial score (nSPS) is 14.3. The standard InChI is InChI=1S/C12H20/c1-5-8-12(4)10-7-9-11(3)6-2/h6-8,10H,5,9H2,1-4H3. The van der Waals surface area contributed by atoms with Gasteiger partial charge in [-0.15, -0.1) is 0 Å². The number of rotatable bonds is 4. The van der Waals surface area contributed by atoms with Gasteiger partial charge in [0, 0.05) is 0 Å². The van der Waals surface area contributed by atoms with Crippen LogP contribution in [0.5, 0.6) is 0 Å². The van der Waals surface area contributed by atoms with Crippen molar-refractivity contribution in [3.8, 4) is 0 Å². The molecule has 0 saturated carbocycles. The fourth-order valence-electron chi connectivity index (χ4n) is 0.939. The quantitative estimate of drug-likeness (QED) is 0.430. The van der Waals surface area contributed by atoms with Crippen LogP contribution < -0.4 is 0 Å². The summed E-state index contributed by atoms with van der Waals surface area (Å²) < 4.78 is 0. The summed E-state index contributed by atoms with van der Waals surface area (Å²) in [5.74, 6) is 0. The van der Waals surface area contributed by atoms with E-state index in [2.05, 4.69) is 52.0 Å². The maximum Gasteiger partial charge on any atom is -0.0138 e. The van der Waals surface area contributed by atoms with Crippen molar-refractivity contribution >= 4 is 0 Å². The van der Waals surface area contributed by atoms with Crippen molar-refractivity contribution in [3.05, 3.63) is 35.5 Å². The van der Waals surface area contributed by atoms with E-state index in [1.807, 2.05) is 0 Å². The van der Waals surface area contributed by atoms with Crippen molar-refractivity contribution < 1.29 is 0 Å². The maximum absolute atomic E-state index is 2.24. The highest BCUT2D eigenvalue weighted by Gasteiger charge is 1.82. The molecule has 0 rings (SSSR count). The summed E-state index contributed by atoms with van der Waals surface area (Å²) in [6.07, 6.45) is 11.0. The Kier molecular flexibility index (Phi) is 6.45. The molecule has 0 aliphatic heterocycles. The summed E-state index contributed by atoms with van der Waals surface area (Å²) in [5.41, 5.74) is 2.79. The van der Waals surface area contributed by atoms with Gasteiger partial charge < -0.3 is 0 Å². The zero-order chi connectivity index (χ0) is 9.40. The van der Waals surface area contributed by atoms with Gasteiger partial charge in [-0.2, -0.15) is 0 Å². The van der Waals surface area contributed by atoms with Crippen molar-refractivity contribution in [2.45, 2.75) is 40.5 Å². The number of hydrogen-bond acceptors (Lipinski definition) is 0. The third-order valence-corrected chi connectivity index (χ3v) is 1.84. The average molecular weight is 164 g/mol. The minimum atomic E-state index is 1.07. The molecule has 0 saturated heterocycles. The lowest BCUT2D eigenvalue weighted by atomic mass is 10.1. The van der Waals surface area contributed by atoms with E-state index in [0.29, 0.717) is 0 Å². The third-order valence-electron chi connectivity index (χ3n) is 1.84. The molecule has 0 amide bonds. The fraction of sp³-hybridized carbons (Fsp3) is 0.500. The molecule has 0 aromatic rings. The van der Waals surface area contributed by atoms with Crippen LogP contribution in [0.1, 0.15) is 40.5 Å². The van der Waals surface area contributed by atoms with E-state index in [1.54, 1.807) is 0 Å². The first-order chi connectivity index (χ1) is 5.70. The minimum Gasteiger partial charge on any atom is -0.0884 e. The first-order valence-electron chi connectivity index (χ1n) is 4.65. The Morgan fingerprint density at radius 3 is 2.42 bits per heavy atom. The van der Waals surface area contributed by atoms with Crippen molar-refractivity contribution in [3.63, 3.8) is 0 Å². The molecule has 0 heterocycles. The lowest BCUT2D eigenvalue weighted by Crippen LogP contribution is -1.72. The van der Waals surface area contributed by atoms with Gasteiger partial charge in [0.2, 0.25) is 0 Å². The van der Waals surface area contributed by atoms with E-state index >= 15 is 0 Å². The molecular weight excluding hydrogens is 144 g/mol. The van der Waals surface area contributed by atoms with Gasteiger partial charge in [0.25, 0.3) is 0 Å². The van der Waals surface area contributed by atoms with Crippen molar-refractivity contribution in [2.75, 3.05) is 0 Å². The molecule has 0 N–H and O–H groups in total. The second kappa shape index (κ2) is 6.90. The van der Waals surface area contributed by atoms with Crippen molar-refractivity contribution in [1.82, 2.24) is 0 Å². The van der Waals surface area contributed by atoms with E-state index in [1.165, 1.54) is 11.1 Å². The molecule has 0 aliphatic carbocycles. The van der Waals surface area contributed by atoms with Gasteiger partial charge in [-0.25, -0.2) is 0 Å². The molecule has 0 heteroatoms. The maximum atomic E-state index is 2.24. The van der Waals surface area contributed by atoms with Gasteiger partial charge in [-0.05, 0) is 33.6 Å². The Morgan fingerprint density at radius 2 is 1.92 bits per heavy atom. The second-order valence-electron chi connectivity index (χ2n) is 3.10. The molecule has 0 spiro atoms. The molecule has 0 bridgehead atoms. The van der Waals surface area contributed by atoms with Crippen LogP contribution in [0.25, 0.3) is 0 Å². The third kappa shape index (κ3) is 5.96. The van der Waals surface area contributed by atoms with Crippen LogP contribution in [0, 0.1) is 0 Å². The van der Waals surface area contributed by atoms with E-state index < -0.39 is 0 Å². The molecule has 0 fully saturated rings. The van der Waals surface area contributed by atoms with Crippen LogP contribution in [-0.4, -0.2) is 0 Å². The summed E-state index contributed by atoms with van der Waals surface area (Å²) in [7, 11) is 0. The second-order valence-corrected chi connectivity index (χ2v) is 3.10. The molecule has 12 heavy (non-hydrogen) atoms. The van der Waals surface area contributed by atoms with Crippen molar-refractivity contribution in [2.24, 2.45) is 0 Å². The van der Waals surface area contributed by atoms with Gasteiger partial charge in [-0.1, -0.05) is 42.4 Å². The van der Waals surface area contributed by atoms with Crippen LogP contribution in [0.15, 0.2) is 35.5 Å². The number of hydrogen-bond donors (Lipinski definition) is 0. The average Bonchev–Trinajstić information content (AvgIpc) is 2.04. The largest absolute Gasteiger partial charge is 0.0884 e. The van der Waals surface area contributed by atoms with Gasteiger partial charge in [0.15, 0.2) is 0 Å². The topological polar surface area (TPSA) is 0 Å². The zero-order valence-corrected chi connectivity index (χ0v) is 8.72. The lowest BCUT2D eigenvalue weighted by molar-refractivity contribution is 1.18. The lowest BCUT2D eigenvalue weighted by Gasteiger charge is -1.93. The first-order valence-corrected chi connectivity index (χ1v) is 4.65. The summed E-state index contributed by atoms with van der Waals surface area (Å²) in [6.45, 7) is 8.54. The monoisotopic (exact) mass is 164 g/mol. The van der Waals surface area contributed by atoms with Crippen LogP contribution in [-0.2, 0) is 0 Å². The molecular formula is C12H20. The summed E-state index contributed by atoms with van der Waals surface area (Å²) >= 11 is 0. The van der Waals surface area contributed by atoms with Crippen LogP contribution in [0.2, 0.25) is 0 Å². The first kappa shape index (κ1) is 11.2. The van der Waals surface area contributed by atoms with Gasteiger partial charge in [-0.3, -0.25) is 0 Å². The molecule has 0 nitrogen and oxygen atoms in total. The smallest absolute Gasteiger partial charge is 0.0138 e. The number of allylic oxidation sites excluding steroid dienone is 6. The van der Waals surface area contributed by atoms with Gasteiger partial charge >= 0.3 is 0 Å². The Bertz CT molecular complexity index is 192. The molecule has 0 radical (unpaired) electrons. The van der Waals surface area contributed by atoms with E-state index in [4.69, 9.17) is 0 Å². The molecule has 0 unspecified atom stereocenters. The predicted octanol–water partition coefficient (Wildman–Crippen LogP) is 4.26. The van der Waals surface area contributed by atoms with E-state index in [0.717, 1.165) is 12.8 Å². The van der Waals surface area contributed by atoms with Gasteiger partial charge in [0.05, 0.1) is 0 Å². The summed E-state index contributed by atoms with van der Waals surface area (Å²) in [4.78, 5) is 0. The molecule has 0 aromatic carbocycles. The van der Waals surface area contributed by atoms with Crippen LogP contribution in [0.4, 0.5) is 0 Å². The Morgan fingerprint density at radius 1 is 1.25 bits per heavy atom. The highest BCUT2D eigenvalue weighted by molar-refractivity contribution is 5.17. The zero-order valence-electron chi connectivity index (χ0n) is 8.72.